The summed E-state index contributed by atoms with van der Waals surface area (Å²) >= 11 is 0. The van der Waals surface area contributed by atoms with E-state index in [0.29, 0.717) is 5.56 Å². The summed E-state index contributed by atoms with van der Waals surface area (Å²) in [5, 5.41) is 3.90. The van der Waals surface area contributed by atoms with Crippen molar-refractivity contribution in [2.45, 2.75) is 18.6 Å². The van der Waals surface area contributed by atoms with Crippen LogP contribution < -0.4 is 8.37 Å². The first-order chi connectivity index (χ1) is 22.4. The zero-order chi connectivity index (χ0) is 33.2. The predicted molar refractivity (Wildman–Crippen MR) is 180 cm³/mol. The van der Waals surface area contributed by atoms with E-state index in [1.54, 1.807) is 35.2 Å². The molecule has 0 saturated carbocycles. The van der Waals surface area contributed by atoms with Gasteiger partial charge < -0.3 is 17.7 Å². The van der Waals surface area contributed by atoms with Gasteiger partial charge in [0, 0.05) is 29.9 Å². The Bertz CT molecular complexity index is 2210. The Morgan fingerprint density at radius 2 is 1.15 bits per heavy atom. The lowest BCUT2D eigenvalue weighted by molar-refractivity contribution is -0.151. The van der Waals surface area contributed by atoms with Gasteiger partial charge in [0.1, 0.15) is 6.04 Å². The molecule has 0 saturated heterocycles. The molecule has 6 rings (SSSR count). The number of fused-ring (bicyclic) bond motifs is 2. The largest absolute Gasteiger partial charge is 0.451 e. The first kappa shape index (κ1) is 31.8. The van der Waals surface area contributed by atoms with Gasteiger partial charge in [0.15, 0.2) is 17.6 Å². The third-order valence-electron chi connectivity index (χ3n) is 7.62. The van der Waals surface area contributed by atoms with Gasteiger partial charge in [-0.1, -0.05) is 91.0 Å². The van der Waals surface area contributed by atoms with Gasteiger partial charge in [0.2, 0.25) is 0 Å². The Morgan fingerprint density at radius 1 is 0.638 bits per heavy atom. The molecule has 0 spiro atoms. The molecule has 0 aliphatic heterocycles. The maximum absolute atomic E-state index is 14.4. The normalized spacial score (nSPS) is 12.7. The highest BCUT2D eigenvalue weighted by Gasteiger charge is 2.29. The summed E-state index contributed by atoms with van der Waals surface area (Å²) < 4.78 is 66.0. The van der Waals surface area contributed by atoms with Crippen LogP contribution in [0, 0.1) is 0 Å². The summed E-state index contributed by atoms with van der Waals surface area (Å²) in [6.07, 6.45) is 4.45. The highest BCUT2D eigenvalue weighted by Crippen LogP contribution is 2.37. The van der Waals surface area contributed by atoms with Crippen molar-refractivity contribution >= 4 is 47.8 Å². The Morgan fingerprint density at radius 3 is 1.70 bits per heavy atom. The molecule has 9 nitrogen and oxygen atoms in total. The number of aromatic nitrogens is 1. The molecule has 0 N–H and O–H groups in total. The summed E-state index contributed by atoms with van der Waals surface area (Å²) in [6.45, 7) is 0. The van der Waals surface area contributed by atoms with Gasteiger partial charge in [-0.3, -0.25) is 0 Å². The van der Waals surface area contributed by atoms with Crippen LogP contribution in [0.3, 0.4) is 0 Å². The minimum atomic E-state index is -4.04. The first-order valence-electron chi connectivity index (χ1n) is 14.7. The smallest absolute Gasteiger partial charge is 0.330 e. The third kappa shape index (κ3) is 7.48. The highest BCUT2D eigenvalue weighted by molar-refractivity contribution is 7.86. The maximum atomic E-state index is 14.4. The molecule has 0 bridgehead atoms. The van der Waals surface area contributed by atoms with E-state index in [0.717, 1.165) is 45.2 Å². The van der Waals surface area contributed by atoms with Crippen LogP contribution in [0.1, 0.15) is 28.8 Å². The van der Waals surface area contributed by atoms with Crippen LogP contribution in [0.25, 0.3) is 21.5 Å². The van der Waals surface area contributed by atoms with E-state index in [4.69, 9.17) is 13.1 Å². The third-order valence-corrected chi connectivity index (χ3v) is 8.59. The monoisotopic (exact) mass is 669 g/mol. The van der Waals surface area contributed by atoms with Crippen molar-refractivity contribution in [2.75, 3.05) is 12.5 Å². The molecule has 0 fully saturated rings. The highest BCUT2D eigenvalue weighted by atomic mass is 32.2. The number of hydrogen-bond donors (Lipinski definition) is 0. The van der Waals surface area contributed by atoms with Crippen LogP contribution in [-0.4, -0.2) is 39.9 Å². The van der Waals surface area contributed by atoms with Crippen LogP contribution >= 0.6 is 0 Å². The molecule has 0 radical (unpaired) electrons. The van der Waals surface area contributed by atoms with Gasteiger partial charge >= 0.3 is 26.2 Å². The lowest BCUT2D eigenvalue weighted by Gasteiger charge is -2.26. The van der Waals surface area contributed by atoms with Gasteiger partial charge in [-0.15, -0.1) is 0 Å². The van der Waals surface area contributed by atoms with E-state index in [-0.39, 0.29) is 17.9 Å². The van der Waals surface area contributed by atoms with E-state index in [2.05, 4.69) is 0 Å². The Labute approximate surface area is 273 Å². The van der Waals surface area contributed by atoms with E-state index >= 15 is 0 Å². The molecule has 0 aliphatic carbocycles. The minimum Gasteiger partial charge on any atom is -0.451 e. The number of rotatable bonds is 11. The van der Waals surface area contributed by atoms with Crippen molar-refractivity contribution in [2.24, 2.45) is 0 Å². The molecule has 1 atom stereocenters. The zero-order valence-electron chi connectivity index (χ0n) is 25.5. The zero-order valence-corrected chi connectivity index (χ0v) is 27.1. The van der Waals surface area contributed by atoms with Crippen molar-refractivity contribution in [3.8, 4) is 11.5 Å². The lowest BCUT2D eigenvalue weighted by atomic mass is 9.92. The number of benzene rings is 5. The van der Waals surface area contributed by atoms with E-state index in [1.165, 1.54) is 12.1 Å². The number of carbonyl (C=O) groups is 1. The molecule has 6 aromatic rings. The molecule has 0 unspecified atom stereocenters. The fourth-order valence-corrected chi connectivity index (χ4v) is 6.60. The van der Waals surface area contributed by atoms with Crippen molar-refractivity contribution in [1.82, 2.24) is 4.57 Å². The van der Waals surface area contributed by atoms with Gasteiger partial charge in [0.05, 0.1) is 12.5 Å². The van der Waals surface area contributed by atoms with E-state index in [1.807, 2.05) is 84.9 Å². The fourth-order valence-electron chi connectivity index (χ4n) is 5.68. The average Bonchev–Trinajstić information content (AvgIpc) is 3.57. The van der Waals surface area contributed by atoms with Crippen molar-refractivity contribution < 1.29 is 34.7 Å². The number of hydrogen-bond acceptors (Lipinski definition) is 8. The lowest BCUT2D eigenvalue weighted by Crippen LogP contribution is -2.25. The second-order valence-electron chi connectivity index (χ2n) is 11.2. The second-order valence-corrected chi connectivity index (χ2v) is 14.3. The minimum absolute atomic E-state index is 0.0601. The molecule has 1 aromatic heterocycles. The van der Waals surface area contributed by atoms with Gasteiger partial charge in [-0.05, 0) is 51.4 Å². The molecular formula is C36H31NO8S2. The van der Waals surface area contributed by atoms with Crippen molar-refractivity contribution in [3.63, 3.8) is 0 Å². The molecule has 240 valence electrons. The standard InChI is InChI=1S/C36H31NO8S2/c1-46(39,40)44-33-20-19-25(24-34(33)45-47(2,41)42)23-32(37-21-7-8-22-37)36(38)43-35(30-17-9-13-26-11-3-5-15-28(26)30)31-18-10-14-27-12-4-6-16-29(27)31/h3-22,24,32,35H,23H2,1-2H3/t32-/m1/s1. The predicted octanol–water partition coefficient (Wildman–Crippen LogP) is 6.59. The Hall–Kier alpha value is -5.13. The average molecular weight is 670 g/mol. The molecule has 0 aliphatic rings. The molecular weight excluding hydrogens is 639 g/mol. The van der Waals surface area contributed by atoms with Gasteiger partial charge in [-0.2, -0.15) is 16.8 Å². The molecule has 1 heterocycles. The van der Waals surface area contributed by atoms with Crippen molar-refractivity contribution in [1.29, 1.82) is 0 Å². The SMILES string of the molecule is CS(=O)(=O)Oc1ccc(C[C@H](C(=O)OC(c2cccc3ccccc23)c2cccc3ccccc23)n2cccc2)cc1OS(C)(=O)=O. The topological polar surface area (TPSA) is 118 Å². The van der Waals surface area contributed by atoms with Crippen LogP contribution in [0.15, 0.2) is 128 Å². The van der Waals surface area contributed by atoms with Crippen LogP contribution in [0.5, 0.6) is 11.5 Å². The molecule has 47 heavy (non-hydrogen) atoms. The van der Waals surface area contributed by atoms with E-state index in [9.17, 15) is 21.6 Å². The summed E-state index contributed by atoms with van der Waals surface area (Å²) in [4.78, 5) is 14.4. The van der Waals surface area contributed by atoms with Gasteiger partial charge in [-0.25, -0.2) is 4.79 Å². The number of ether oxygens (including phenoxy) is 1. The summed E-state index contributed by atoms with van der Waals surface area (Å²) in [5.74, 6) is -1.15. The Balaban J connectivity index is 1.42. The molecule has 11 heteroatoms. The maximum Gasteiger partial charge on any atom is 0.330 e. The fraction of sp³-hybridized carbons (Fsp3) is 0.139. The Kier molecular flexibility index (Phi) is 8.76. The quantitative estimate of drug-likeness (QED) is 0.112. The first-order valence-corrected chi connectivity index (χ1v) is 18.3. The van der Waals surface area contributed by atoms with E-state index < -0.39 is 38.4 Å². The van der Waals surface area contributed by atoms with Crippen molar-refractivity contribution in [3.05, 3.63) is 144 Å². The number of nitrogens with zero attached hydrogens (tertiary/aromatic N) is 1. The van der Waals surface area contributed by atoms with Crippen LogP contribution in [0.4, 0.5) is 0 Å². The van der Waals surface area contributed by atoms with Gasteiger partial charge in [0.25, 0.3) is 0 Å². The molecule has 5 aromatic carbocycles. The second kappa shape index (κ2) is 12.9. The summed E-state index contributed by atoms with van der Waals surface area (Å²) in [5.41, 5.74) is 2.13. The number of esters is 1. The summed E-state index contributed by atoms with van der Waals surface area (Å²) in [6, 6.07) is 34.5. The van der Waals surface area contributed by atoms with Crippen LogP contribution in [0.2, 0.25) is 0 Å². The summed E-state index contributed by atoms with van der Waals surface area (Å²) in [7, 11) is -8.04. The van der Waals surface area contributed by atoms with Crippen LogP contribution in [-0.2, 0) is 36.2 Å². The number of carbonyl (C=O) groups excluding carboxylic acids is 1. The molecule has 0 amide bonds.